The van der Waals surface area contributed by atoms with Gasteiger partial charge in [-0.05, 0) is 18.8 Å². The Balaban J connectivity index is 2.17. The summed E-state index contributed by atoms with van der Waals surface area (Å²) in [6, 6.07) is 0.479. The number of methoxy groups -OCH3 is 1. The normalized spacial score (nSPS) is 23.5. The summed E-state index contributed by atoms with van der Waals surface area (Å²) in [6.07, 6.45) is 6.66. The van der Waals surface area contributed by atoms with Gasteiger partial charge in [-0.3, -0.25) is 0 Å². The second kappa shape index (κ2) is 5.89. The van der Waals surface area contributed by atoms with E-state index in [1.165, 1.54) is 25.7 Å². The quantitative estimate of drug-likeness (QED) is 0.860. The maximum Gasteiger partial charge on any atom is 0.204 e. The van der Waals surface area contributed by atoms with Gasteiger partial charge in [-0.2, -0.15) is 0 Å². The van der Waals surface area contributed by atoms with E-state index in [1.54, 1.807) is 13.4 Å². The van der Waals surface area contributed by atoms with Gasteiger partial charge in [0.15, 0.2) is 11.6 Å². The number of nitrogens with one attached hydrogen (secondary N) is 2. The third-order valence-corrected chi connectivity index (χ3v) is 3.68. The molecule has 2 atom stereocenters. The van der Waals surface area contributed by atoms with Crippen LogP contribution in [0.5, 0.6) is 5.75 Å². The predicted molar refractivity (Wildman–Crippen MR) is 73.2 cm³/mol. The molecule has 0 amide bonds. The monoisotopic (exact) mass is 250 g/mol. The molecule has 1 aliphatic rings. The first-order chi connectivity index (χ1) is 8.76. The largest absolute Gasteiger partial charge is 0.490 e. The van der Waals surface area contributed by atoms with Gasteiger partial charge in [0.05, 0.1) is 7.11 Å². The van der Waals surface area contributed by atoms with Crippen molar-refractivity contribution in [3.05, 3.63) is 6.33 Å². The molecule has 18 heavy (non-hydrogen) atoms. The van der Waals surface area contributed by atoms with E-state index in [1.807, 2.05) is 7.05 Å². The van der Waals surface area contributed by atoms with E-state index in [2.05, 4.69) is 27.5 Å². The van der Waals surface area contributed by atoms with Gasteiger partial charge in [0, 0.05) is 13.1 Å². The Morgan fingerprint density at radius 2 is 1.94 bits per heavy atom. The molecule has 0 saturated heterocycles. The Morgan fingerprint density at radius 1 is 1.22 bits per heavy atom. The molecular weight excluding hydrogens is 228 g/mol. The molecule has 1 fully saturated rings. The standard InChI is InChI=1S/C13H22N4O/c1-9-6-4-5-7-10(9)17-13-11(18-3)12(14-2)15-8-16-13/h8-10H,4-7H2,1-3H3,(H2,14,15,16,17). The third-order valence-electron chi connectivity index (χ3n) is 3.68. The van der Waals surface area contributed by atoms with Gasteiger partial charge in [0.2, 0.25) is 5.75 Å². The van der Waals surface area contributed by atoms with Crippen LogP contribution in [-0.2, 0) is 0 Å². The van der Waals surface area contributed by atoms with Crippen molar-refractivity contribution in [1.29, 1.82) is 0 Å². The number of hydrogen-bond acceptors (Lipinski definition) is 5. The van der Waals surface area contributed by atoms with Crippen molar-refractivity contribution in [3.8, 4) is 5.75 Å². The summed E-state index contributed by atoms with van der Waals surface area (Å²) in [4.78, 5) is 8.45. The summed E-state index contributed by atoms with van der Waals surface area (Å²) in [7, 11) is 3.48. The van der Waals surface area contributed by atoms with Crippen LogP contribution in [-0.4, -0.2) is 30.2 Å². The van der Waals surface area contributed by atoms with Gasteiger partial charge in [-0.1, -0.05) is 19.8 Å². The van der Waals surface area contributed by atoms with Crippen LogP contribution in [0, 0.1) is 5.92 Å². The molecule has 0 aromatic carbocycles. The molecule has 1 aliphatic carbocycles. The van der Waals surface area contributed by atoms with Crippen LogP contribution in [0.3, 0.4) is 0 Å². The zero-order chi connectivity index (χ0) is 13.0. The molecule has 0 spiro atoms. The van der Waals surface area contributed by atoms with Crippen molar-refractivity contribution < 1.29 is 4.74 Å². The Morgan fingerprint density at radius 3 is 2.61 bits per heavy atom. The van der Waals surface area contributed by atoms with Crippen molar-refractivity contribution >= 4 is 11.6 Å². The molecule has 2 rings (SSSR count). The van der Waals surface area contributed by atoms with Crippen LogP contribution >= 0.6 is 0 Å². The lowest BCUT2D eigenvalue weighted by molar-refractivity contribution is 0.346. The molecule has 1 saturated carbocycles. The minimum Gasteiger partial charge on any atom is -0.490 e. The smallest absolute Gasteiger partial charge is 0.204 e. The molecule has 0 radical (unpaired) electrons. The topological polar surface area (TPSA) is 59.1 Å². The van der Waals surface area contributed by atoms with E-state index in [4.69, 9.17) is 4.74 Å². The fourth-order valence-electron chi connectivity index (χ4n) is 2.55. The average molecular weight is 250 g/mol. The third kappa shape index (κ3) is 2.66. The minimum atomic E-state index is 0.479. The molecule has 0 bridgehead atoms. The number of hydrogen-bond donors (Lipinski definition) is 2. The van der Waals surface area contributed by atoms with Crippen LogP contribution in [0.15, 0.2) is 6.33 Å². The van der Waals surface area contributed by atoms with E-state index in [9.17, 15) is 0 Å². The SMILES string of the molecule is CNc1ncnc(NC2CCCCC2C)c1OC. The van der Waals surface area contributed by atoms with Gasteiger partial charge < -0.3 is 15.4 Å². The van der Waals surface area contributed by atoms with Crippen LogP contribution in [0.25, 0.3) is 0 Å². The van der Waals surface area contributed by atoms with Crippen LogP contribution in [0.1, 0.15) is 32.6 Å². The second-order valence-corrected chi connectivity index (χ2v) is 4.87. The van der Waals surface area contributed by atoms with E-state index in [0.717, 1.165) is 11.6 Å². The van der Waals surface area contributed by atoms with E-state index in [-0.39, 0.29) is 0 Å². The number of nitrogens with zero attached hydrogens (tertiary/aromatic N) is 2. The summed E-state index contributed by atoms with van der Waals surface area (Å²) in [5.74, 6) is 2.88. The van der Waals surface area contributed by atoms with Crippen molar-refractivity contribution in [2.45, 2.75) is 38.6 Å². The number of aromatic nitrogens is 2. The van der Waals surface area contributed by atoms with Gasteiger partial charge >= 0.3 is 0 Å². The fourth-order valence-corrected chi connectivity index (χ4v) is 2.55. The fraction of sp³-hybridized carbons (Fsp3) is 0.692. The van der Waals surface area contributed by atoms with Crippen molar-refractivity contribution in [2.24, 2.45) is 5.92 Å². The first kappa shape index (κ1) is 12.9. The number of anilines is 2. The lowest BCUT2D eigenvalue weighted by Gasteiger charge is -2.30. The van der Waals surface area contributed by atoms with Crippen molar-refractivity contribution in [2.75, 3.05) is 24.8 Å². The number of rotatable bonds is 4. The Bertz CT molecular complexity index is 397. The Labute approximate surface area is 108 Å². The highest BCUT2D eigenvalue weighted by Crippen LogP contribution is 2.32. The molecule has 2 N–H and O–H groups in total. The van der Waals surface area contributed by atoms with Crippen molar-refractivity contribution in [3.63, 3.8) is 0 Å². The summed E-state index contributed by atoms with van der Waals surface area (Å²) in [6.45, 7) is 2.30. The molecule has 1 heterocycles. The molecule has 0 aliphatic heterocycles. The van der Waals surface area contributed by atoms with Gasteiger partial charge in [0.1, 0.15) is 6.33 Å². The maximum atomic E-state index is 5.39. The lowest BCUT2D eigenvalue weighted by Crippen LogP contribution is -2.31. The first-order valence-corrected chi connectivity index (χ1v) is 6.59. The highest BCUT2D eigenvalue weighted by atomic mass is 16.5. The zero-order valence-electron chi connectivity index (χ0n) is 11.4. The highest BCUT2D eigenvalue weighted by molar-refractivity contribution is 5.63. The summed E-state index contributed by atoms with van der Waals surface area (Å²) >= 11 is 0. The summed E-state index contributed by atoms with van der Waals surface area (Å²) in [5, 5.41) is 6.53. The van der Waals surface area contributed by atoms with Gasteiger partial charge in [-0.25, -0.2) is 9.97 Å². The van der Waals surface area contributed by atoms with Gasteiger partial charge in [-0.15, -0.1) is 0 Å². The lowest BCUT2D eigenvalue weighted by atomic mass is 9.86. The van der Waals surface area contributed by atoms with Gasteiger partial charge in [0.25, 0.3) is 0 Å². The van der Waals surface area contributed by atoms with Crippen LogP contribution in [0.2, 0.25) is 0 Å². The first-order valence-electron chi connectivity index (χ1n) is 6.59. The van der Waals surface area contributed by atoms with E-state index in [0.29, 0.717) is 17.7 Å². The molecule has 2 unspecified atom stereocenters. The van der Waals surface area contributed by atoms with Crippen LogP contribution in [0.4, 0.5) is 11.6 Å². The van der Waals surface area contributed by atoms with Crippen molar-refractivity contribution in [1.82, 2.24) is 9.97 Å². The summed E-state index contributed by atoms with van der Waals surface area (Å²) < 4.78 is 5.39. The zero-order valence-corrected chi connectivity index (χ0v) is 11.4. The molecular formula is C13H22N4O. The predicted octanol–water partition coefficient (Wildman–Crippen LogP) is 2.52. The second-order valence-electron chi connectivity index (χ2n) is 4.87. The molecule has 1 aromatic heterocycles. The minimum absolute atomic E-state index is 0.479. The molecule has 100 valence electrons. The molecule has 5 heteroatoms. The summed E-state index contributed by atoms with van der Waals surface area (Å²) in [5.41, 5.74) is 0. The average Bonchev–Trinajstić information content (AvgIpc) is 2.41. The van der Waals surface area contributed by atoms with E-state index >= 15 is 0 Å². The molecule has 5 nitrogen and oxygen atoms in total. The molecule has 1 aromatic rings. The highest BCUT2D eigenvalue weighted by Gasteiger charge is 2.23. The Hall–Kier alpha value is -1.52. The van der Waals surface area contributed by atoms with E-state index < -0.39 is 0 Å². The van der Waals surface area contributed by atoms with Crippen LogP contribution < -0.4 is 15.4 Å². The Kier molecular flexibility index (Phi) is 4.23. The maximum absolute atomic E-state index is 5.39. The number of ether oxygens (including phenoxy) is 1.